The van der Waals surface area contributed by atoms with Gasteiger partial charge in [0.25, 0.3) is 0 Å². The highest BCUT2D eigenvalue weighted by molar-refractivity contribution is 5.80. The highest BCUT2D eigenvalue weighted by atomic mass is 16.7. The summed E-state index contributed by atoms with van der Waals surface area (Å²) in [5, 5.41) is 57.1. The van der Waals surface area contributed by atoms with Crippen molar-refractivity contribution in [2.45, 2.75) is 333 Å². The van der Waals surface area contributed by atoms with Crippen LogP contribution >= 0.6 is 0 Å². The minimum atomic E-state index is -1.64. The first-order valence-corrected chi connectivity index (χ1v) is 34.1. The molecular formula is C72H125NO10. The van der Waals surface area contributed by atoms with Gasteiger partial charge in [-0.25, -0.2) is 0 Å². The first-order valence-electron chi connectivity index (χ1n) is 34.1. The highest BCUT2D eigenvalue weighted by Crippen LogP contribution is 2.26. The van der Waals surface area contributed by atoms with E-state index in [4.69, 9.17) is 14.2 Å². The Bertz CT molecular complexity index is 1720. The van der Waals surface area contributed by atoms with Crippen molar-refractivity contribution in [3.8, 4) is 0 Å². The van der Waals surface area contributed by atoms with Gasteiger partial charge in [-0.3, -0.25) is 9.59 Å². The van der Waals surface area contributed by atoms with Crippen LogP contribution in [0.2, 0.25) is 0 Å². The molecule has 0 spiro atoms. The monoisotopic (exact) mass is 1160 g/mol. The summed E-state index contributed by atoms with van der Waals surface area (Å²) >= 11 is 0. The van der Waals surface area contributed by atoms with Gasteiger partial charge >= 0.3 is 5.97 Å². The Hall–Kier alpha value is -3.42. The second kappa shape index (κ2) is 58.9. The minimum Gasteiger partial charge on any atom is -0.454 e. The van der Waals surface area contributed by atoms with Crippen molar-refractivity contribution < 1.29 is 49.3 Å². The van der Waals surface area contributed by atoms with Crippen molar-refractivity contribution in [1.29, 1.82) is 0 Å². The van der Waals surface area contributed by atoms with Gasteiger partial charge in [0.2, 0.25) is 5.91 Å². The molecule has 0 aromatic heterocycles. The molecule has 0 aliphatic carbocycles. The van der Waals surface area contributed by atoms with Gasteiger partial charge in [0.1, 0.15) is 24.4 Å². The lowest BCUT2D eigenvalue weighted by atomic mass is 9.99. The van der Waals surface area contributed by atoms with Crippen LogP contribution in [0.5, 0.6) is 0 Å². The number of unbranched alkanes of at least 4 members (excludes halogenated alkanes) is 33. The molecule has 11 nitrogen and oxygen atoms in total. The van der Waals surface area contributed by atoms with Crippen molar-refractivity contribution in [2.75, 3.05) is 13.2 Å². The molecule has 6 N–H and O–H groups in total. The topological polar surface area (TPSA) is 175 Å². The number of aliphatic hydroxyl groups excluding tert-OH is 5. The third-order valence-corrected chi connectivity index (χ3v) is 15.6. The molecule has 1 saturated heterocycles. The van der Waals surface area contributed by atoms with Crippen LogP contribution in [0.25, 0.3) is 0 Å². The summed E-state index contributed by atoms with van der Waals surface area (Å²) < 4.78 is 17.6. The van der Waals surface area contributed by atoms with E-state index in [0.717, 1.165) is 70.6 Å². The fourth-order valence-corrected chi connectivity index (χ4v) is 10.2. The van der Waals surface area contributed by atoms with E-state index >= 15 is 0 Å². The van der Waals surface area contributed by atoms with Gasteiger partial charge in [-0.15, -0.1) is 0 Å². The lowest BCUT2D eigenvalue weighted by Gasteiger charge is -2.41. The second-order valence-corrected chi connectivity index (χ2v) is 23.3. The van der Waals surface area contributed by atoms with Crippen LogP contribution in [0, 0.1) is 0 Å². The van der Waals surface area contributed by atoms with Crippen LogP contribution in [0.4, 0.5) is 0 Å². The maximum atomic E-state index is 13.5. The molecule has 0 aromatic rings. The van der Waals surface area contributed by atoms with E-state index in [0.29, 0.717) is 12.8 Å². The van der Waals surface area contributed by atoms with E-state index < -0.39 is 67.4 Å². The average molecular weight is 1160 g/mol. The Kier molecular flexibility index (Phi) is 55.1. The van der Waals surface area contributed by atoms with Crippen LogP contribution in [0.15, 0.2) is 97.2 Å². The van der Waals surface area contributed by atoms with Gasteiger partial charge in [0, 0.05) is 6.42 Å². The van der Waals surface area contributed by atoms with E-state index in [1.165, 1.54) is 167 Å². The fourth-order valence-electron chi connectivity index (χ4n) is 10.2. The normalized spacial score (nSPS) is 19.2. The summed E-state index contributed by atoms with van der Waals surface area (Å²) in [4.78, 5) is 26.6. The zero-order chi connectivity index (χ0) is 60.3. The Morgan fingerprint density at radius 3 is 1.42 bits per heavy atom. The zero-order valence-electron chi connectivity index (χ0n) is 53.0. The number of aliphatic hydroxyl groups is 5. The van der Waals surface area contributed by atoms with Gasteiger partial charge < -0.3 is 45.1 Å². The first kappa shape index (κ1) is 77.6. The van der Waals surface area contributed by atoms with Crippen molar-refractivity contribution in [1.82, 2.24) is 5.32 Å². The third-order valence-electron chi connectivity index (χ3n) is 15.6. The van der Waals surface area contributed by atoms with Crippen LogP contribution in [-0.4, -0.2) is 99.6 Å². The van der Waals surface area contributed by atoms with Crippen molar-refractivity contribution in [2.24, 2.45) is 0 Å². The van der Waals surface area contributed by atoms with Gasteiger partial charge in [-0.2, -0.15) is 0 Å². The molecule has 8 unspecified atom stereocenters. The molecule has 1 fully saturated rings. The molecule has 83 heavy (non-hydrogen) atoms. The maximum Gasteiger partial charge on any atom is 0.306 e. The highest BCUT2D eigenvalue weighted by Gasteiger charge is 2.47. The average Bonchev–Trinajstić information content (AvgIpc) is 3.54. The molecule has 0 radical (unpaired) electrons. The first-order chi connectivity index (χ1) is 40.7. The van der Waals surface area contributed by atoms with E-state index in [1.807, 2.05) is 54.7 Å². The number of esters is 1. The predicted octanol–water partition coefficient (Wildman–Crippen LogP) is 17.1. The van der Waals surface area contributed by atoms with Crippen LogP contribution in [-0.2, 0) is 23.8 Å². The molecule has 1 rings (SSSR count). The fraction of sp³-hybridized carbons (Fsp3) is 0.750. The van der Waals surface area contributed by atoms with Gasteiger partial charge in [-0.1, -0.05) is 298 Å². The molecule has 0 saturated carbocycles. The molecule has 1 amide bonds. The standard InChI is InChI=1S/C72H125NO10/c1-4-7-10-13-16-19-22-25-27-28-29-30-31-32-33-34-35-36-37-39-41-44-47-50-53-56-59-65(76)71(80)73-63(64(75)58-55-52-49-46-43-40-24-21-18-15-12-9-6-3)62-81-72-70(69(79)68(78)66(61-74)82-72)83-67(77)60-57-54-51-48-45-42-38-26-23-20-17-14-11-8-5-2/h8,11,14,16-17,19-20,23,25-27,38,42,45,55,58,63-66,68-70,72,74-76,78-79H,4-7,9-10,12-13,15,18,21-22,24,28-37,39-41,43-44,46-54,56-57,59-62H2,1-3H3,(H,73,80)/b11-8+,17-14+,19-16-,23-20-,27-25-,38-26-,45-42+,58-55+. The Balaban J connectivity index is 2.60. The van der Waals surface area contributed by atoms with E-state index in [9.17, 15) is 35.1 Å². The smallest absolute Gasteiger partial charge is 0.306 e. The maximum absolute atomic E-state index is 13.5. The van der Waals surface area contributed by atoms with Gasteiger partial charge in [0.15, 0.2) is 12.4 Å². The Morgan fingerprint density at radius 1 is 0.494 bits per heavy atom. The molecule has 8 atom stereocenters. The molecule has 1 aliphatic heterocycles. The number of rotatable bonds is 57. The number of allylic oxidation sites excluding steroid dienone is 15. The molecule has 478 valence electrons. The van der Waals surface area contributed by atoms with Crippen LogP contribution < -0.4 is 5.32 Å². The van der Waals surface area contributed by atoms with Crippen molar-refractivity contribution >= 4 is 11.9 Å². The zero-order valence-corrected chi connectivity index (χ0v) is 53.0. The summed E-state index contributed by atoms with van der Waals surface area (Å²) in [7, 11) is 0. The summed E-state index contributed by atoms with van der Waals surface area (Å²) in [5.74, 6) is -1.24. The summed E-state index contributed by atoms with van der Waals surface area (Å²) in [6.07, 6.45) is 68.8. The lowest BCUT2D eigenvalue weighted by molar-refractivity contribution is -0.305. The predicted molar refractivity (Wildman–Crippen MR) is 347 cm³/mol. The molecular weight excluding hydrogens is 1040 g/mol. The summed E-state index contributed by atoms with van der Waals surface area (Å²) in [6.45, 7) is 5.61. The van der Waals surface area contributed by atoms with E-state index in [1.54, 1.807) is 6.08 Å². The van der Waals surface area contributed by atoms with Gasteiger partial charge in [0.05, 0.1) is 25.4 Å². The Morgan fingerprint density at radius 2 is 0.916 bits per heavy atom. The van der Waals surface area contributed by atoms with E-state index in [2.05, 4.69) is 62.5 Å². The quantitative estimate of drug-likeness (QED) is 0.0149. The summed E-state index contributed by atoms with van der Waals surface area (Å²) in [5.41, 5.74) is 0. The molecule has 1 aliphatic rings. The summed E-state index contributed by atoms with van der Waals surface area (Å²) in [6, 6.07) is -1.04. The minimum absolute atomic E-state index is 0.0712. The third kappa shape index (κ3) is 46.5. The number of carbonyl (C=O) groups is 2. The molecule has 0 aromatic carbocycles. The number of carbonyl (C=O) groups excluding carboxylic acids is 2. The second-order valence-electron chi connectivity index (χ2n) is 23.3. The number of amides is 1. The number of hydrogen-bond donors (Lipinski definition) is 6. The number of nitrogens with one attached hydrogen (secondary N) is 1. The van der Waals surface area contributed by atoms with Crippen molar-refractivity contribution in [3.05, 3.63) is 97.2 Å². The van der Waals surface area contributed by atoms with Crippen LogP contribution in [0.1, 0.15) is 284 Å². The lowest BCUT2D eigenvalue weighted by Crippen LogP contribution is -2.61. The SMILES string of the molecule is CC/C=C/C=C/C=C\C=C/C=C/CCCCCC(=O)OC1C(OCC(NC(=O)C(O)CCCCCCCCCCCCCCCCCC/C=C\C/C=C\CCCCC)C(O)/C=C/CCCCCCCCCCCCC)OC(CO)C(O)C1O. The van der Waals surface area contributed by atoms with Crippen LogP contribution in [0.3, 0.4) is 0 Å². The molecule has 11 heteroatoms. The molecule has 1 heterocycles. The Labute approximate surface area is 507 Å². The molecule has 0 bridgehead atoms. The largest absolute Gasteiger partial charge is 0.454 e. The van der Waals surface area contributed by atoms with E-state index in [-0.39, 0.29) is 19.4 Å². The number of ether oxygens (including phenoxy) is 3. The van der Waals surface area contributed by atoms with Crippen molar-refractivity contribution in [3.63, 3.8) is 0 Å². The number of hydrogen-bond acceptors (Lipinski definition) is 10. The van der Waals surface area contributed by atoms with Gasteiger partial charge in [-0.05, 0) is 77.0 Å².